The van der Waals surface area contributed by atoms with Crippen molar-refractivity contribution in [2.24, 2.45) is 0 Å². The Labute approximate surface area is 106 Å². The minimum absolute atomic E-state index is 0.331. The van der Waals surface area contributed by atoms with Crippen LogP contribution in [0.4, 0.5) is 0 Å². The summed E-state index contributed by atoms with van der Waals surface area (Å²) < 4.78 is 13.8. The van der Waals surface area contributed by atoms with Crippen LogP contribution in [0.3, 0.4) is 0 Å². The van der Waals surface area contributed by atoms with Gasteiger partial charge in [-0.3, -0.25) is 0 Å². The predicted octanol–water partition coefficient (Wildman–Crippen LogP) is 1.67. The van der Waals surface area contributed by atoms with E-state index in [4.69, 9.17) is 4.74 Å². The van der Waals surface area contributed by atoms with Crippen molar-refractivity contribution in [3.63, 3.8) is 0 Å². The molecule has 1 aromatic carbocycles. The molecule has 1 aromatic rings. The van der Waals surface area contributed by atoms with E-state index in [1.807, 2.05) is 0 Å². The van der Waals surface area contributed by atoms with E-state index >= 15 is 0 Å². The fraction of sp³-hybridized carbons (Fsp3) is 0.385. The third-order valence-electron chi connectivity index (χ3n) is 2.02. The number of hydrogen-bond donors (Lipinski definition) is 0. The van der Waals surface area contributed by atoms with Gasteiger partial charge >= 0.3 is 11.9 Å². The summed E-state index contributed by atoms with van der Waals surface area (Å²) in [5, 5.41) is 0. The highest BCUT2D eigenvalue weighted by Gasteiger charge is 2.08. The Morgan fingerprint density at radius 2 is 1.56 bits per heavy atom. The highest BCUT2D eigenvalue weighted by Crippen LogP contribution is 2.06. The quantitative estimate of drug-likeness (QED) is 0.604. The normalized spacial score (nSPS) is 11.9. The second-order valence-corrected chi connectivity index (χ2v) is 3.40. The monoisotopic (exact) mass is 252 g/mol. The number of esters is 2. The van der Waals surface area contributed by atoms with Gasteiger partial charge in [-0.1, -0.05) is 0 Å². The molecular formula is C13H16O5. The summed E-state index contributed by atoms with van der Waals surface area (Å²) in [6.45, 7) is 4.07. The van der Waals surface area contributed by atoms with Crippen molar-refractivity contribution >= 4 is 11.9 Å². The van der Waals surface area contributed by atoms with Crippen LogP contribution in [-0.4, -0.2) is 38.9 Å². The van der Waals surface area contributed by atoms with Gasteiger partial charge in [0.2, 0.25) is 0 Å². The maximum absolute atomic E-state index is 11.3. The number of methoxy groups -OCH3 is 1. The highest BCUT2D eigenvalue weighted by atomic mass is 16.6. The van der Waals surface area contributed by atoms with Crippen molar-refractivity contribution in [3.05, 3.63) is 35.4 Å². The molecule has 0 atom stereocenters. The summed E-state index contributed by atoms with van der Waals surface area (Å²) in [5.74, 6) is -0.820. The van der Waals surface area contributed by atoms with E-state index in [9.17, 15) is 9.59 Å². The molecule has 0 saturated carbocycles. The molecule has 0 amide bonds. The first kappa shape index (κ1) is 14.2. The van der Waals surface area contributed by atoms with Gasteiger partial charge < -0.3 is 14.2 Å². The zero-order valence-corrected chi connectivity index (χ0v) is 10.5. The first-order valence-electron chi connectivity index (χ1n) is 5.62. The lowest BCUT2D eigenvalue weighted by Gasteiger charge is -2.02. The second-order valence-electron chi connectivity index (χ2n) is 3.40. The van der Waals surface area contributed by atoms with Crippen molar-refractivity contribution < 1.29 is 23.8 Å². The molecule has 0 aromatic heterocycles. The van der Waals surface area contributed by atoms with Crippen LogP contribution in [0.15, 0.2) is 24.3 Å². The molecule has 18 heavy (non-hydrogen) atoms. The zero-order chi connectivity index (χ0) is 13.4. The fourth-order valence-electron chi connectivity index (χ4n) is 1.07. The molecule has 0 aliphatic carbocycles. The van der Waals surface area contributed by atoms with E-state index in [0.717, 1.165) is 13.2 Å². The van der Waals surface area contributed by atoms with Crippen molar-refractivity contribution in [2.75, 3.05) is 26.9 Å². The molecule has 5 nitrogen and oxygen atoms in total. The third kappa shape index (κ3) is 4.97. The van der Waals surface area contributed by atoms with Gasteiger partial charge in [0.05, 0.1) is 38.1 Å². The molecule has 1 aliphatic heterocycles. The van der Waals surface area contributed by atoms with E-state index in [2.05, 4.69) is 9.47 Å². The molecule has 0 unspecified atom stereocenters. The first-order valence-corrected chi connectivity index (χ1v) is 5.62. The molecule has 1 heterocycles. The molecule has 1 aliphatic rings. The third-order valence-corrected chi connectivity index (χ3v) is 2.02. The standard InChI is InChI=1S/C11H12O4.C2H4O/c1-3-15-11(13)9-6-4-8(5-7-9)10(12)14-2;1-2-3-1/h4-7H,3H2,1-2H3;1-2H2. The lowest BCUT2D eigenvalue weighted by Crippen LogP contribution is -2.06. The smallest absolute Gasteiger partial charge is 0.338 e. The number of carbonyl (C=O) groups is 2. The summed E-state index contributed by atoms with van der Waals surface area (Å²) in [7, 11) is 1.31. The maximum Gasteiger partial charge on any atom is 0.338 e. The lowest BCUT2D eigenvalue weighted by molar-refractivity contribution is 0.0523. The van der Waals surface area contributed by atoms with Gasteiger partial charge in [-0.05, 0) is 31.2 Å². The number of epoxide rings is 1. The minimum atomic E-state index is -0.426. The van der Waals surface area contributed by atoms with Gasteiger partial charge in [-0.15, -0.1) is 0 Å². The largest absolute Gasteiger partial charge is 0.465 e. The molecule has 0 spiro atoms. The predicted molar refractivity (Wildman–Crippen MR) is 64.6 cm³/mol. The molecule has 0 N–H and O–H groups in total. The topological polar surface area (TPSA) is 65.1 Å². The Balaban J connectivity index is 0.000000468. The number of rotatable bonds is 3. The lowest BCUT2D eigenvalue weighted by atomic mass is 10.1. The molecule has 0 bridgehead atoms. The summed E-state index contributed by atoms with van der Waals surface area (Å²) >= 11 is 0. The Morgan fingerprint density at radius 3 is 1.89 bits per heavy atom. The Morgan fingerprint density at radius 1 is 1.11 bits per heavy atom. The average molecular weight is 252 g/mol. The fourth-order valence-corrected chi connectivity index (χ4v) is 1.07. The van der Waals surface area contributed by atoms with Gasteiger partial charge in [-0.2, -0.15) is 0 Å². The van der Waals surface area contributed by atoms with Gasteiger partial charge in [0.25, 0.3) is 0 Å². The van der Waals surface area contributed by atoms with Crippen LogP contribution in [0, 0.1) is 0 Å². The summed E-state index contributed by atoms with van der Waals surface area (Å²) in [4.78, 5) is 22.3. The van der Waals surface area contributed by atoms with Crippen molar-refractivity contribution in [2.45, 2.75) is 6.92 Å². The molecule has 5 heteroatoms. The number of benzene rings is 1. The van der Waals surface area contributed by atoms with Crippen LogP contribution >= 0.6 is 0 Å². The van der Waals surface area contributed by atoms with Crippen molar-refractivity contribution in [3.8, 4) is 0 Å². The van der Waals surface area contributed by atoms with Crippen molar-refractivity contribution in [1.82, 2.24) is 0 Å². The summed E-state index contributed by atoms with van der Waals surface area (Å²) in [6.07, 6.45) is 0. The van der Waals surface area contributed by atoms with E-state index in [-0.39, 0.29) is 0 Å². The molecule has 1 saturated heterocycles. The van der Waals surface area contributed by atoms with Gasteiger partial charge in [0.15, 0.2) is 0 Å². The second kappa shape index (κ2) is 7.45. The van der Waals surface area contributed by atoms with Crippen LogP contribution in [0.25, 0.3) is 0 Å². The first-order chi connectivity index (χ1) is 8.69. The molecule has 0 radical (unpaired) electrons. The van der Waals surface area contributed by atoms with Gasteiger partial charge in [0, 0.05) is 0 Å². The Kier molecular flexibility index (Phi) is 5.87. The SMILES string of the molecule is C1CO1.CCOC(=O)c1ccc(C(=O)OC)cc1. The van der Waals surface area contributed by atoms with Crippen LogP contribution in [-0.2, 0) is 14.2 Å². The highest BCUT2D eigenvalue weighted by molar-refractivity contribution is 5.93. The number of ether oxygens (including phenoxy) is 3. The van der Waals surface area contributed by atoms with Crippen LogP contribution < -0.4 is 0 Å². The van der Waals surface area contributed by atoms with Gasteiger partial charge in [0.1, 0.15) is 0 Å². The van der Waals surface area contributed by atoms with Crippen LogP contribution in [0.2, 0.25) is 0 Å². The molecule has 2 rings (SSSR count). The maximum atomic E-state index is 11.3. The van der Waals surface area contributed by atoms with Gasteiger partial charge in [-0.25, -0.2) is 9.59 Å². The zero-order valence-electron chi connectivity index (χ0n) is 10.5. The van der Waals surface area contributed by atoms with E-state index < -0.39 is 11.9 Å². The van der Waals surface area contributed by atoms with E-state index in [1.165, 1.54) is 31.4 Å². The Hall–Kier alpha value is -1.88. The Bertz CT molecular complexity index is 392. The van der Waals surface area contributed by atoms with E-state index in [0.29, 0.717) is 17.7 Å². The number of hydrogen-bond acceptors (Lipinski definition) is 5. The van der Waals surface area contributed by atoms with E-state index in [1.54, 1.807) is 6.92 Å². The van der Waals surface area contributed by atoms with Crippen LogP contribution in [0.5, 0.6) is 0 Å². The van der Waals surface area contributed by atoms with Crippen LogP contribution in [0.1, 0.15) is 27.6 Å². The molecule has 1 fully saturated rings. The molecule has 98 valence electrons. The average Bonchev–Trinajstić information content (AvgIpc) is 3.26. The summed E-state index contributed by atoms with van der Waals surface area (Å²) in [5.41, 5.74) is 0.829. The number of carbonyl (C=O) groups excluding carboxylic acids is 2. The summed E-state index contributed by atoms with van der Waals surface area (Å²) in [6, 6.07) is 6.12. The van der Waals surface area contributed by atoms with Crippen molar-refractivity contribution in [1.29, 1.82) is 0 Å². The minimum Gasteiger partial charge on any atom is -0.465 e. The molecular weight excluding hydrogens is 236 g/mol.